The second kappa shape index (κ2) is 20.8. The monoisotopic (exact) mass is 402 g/mol. The molecule has 0 saturated carbocycles. The number of hydrogen-bond acceptors (Lipinski definition) is 4. The van der Waals surface area contributed by atoms with E-state index in [2.05, 4.69) is 18.4 Å². The summed E-state index contributed by atoms with van der Waals surface area (Å²) in [5, 5.41) is 0. The predicted octanol–water partition coefficient (Wildman–Crippen LogP) is 2.21. The molecule has 2 unspecified atom stereocenters. The Balaban J connectivity index is 0. The average molecular weight is 402 g/mol. The zero-order valence-corrected chi connectivity index (χ0v) is 20.3. The molecule has 5 nitrogen and oxygen atoms in total. The number of hydrogen-bond donors (Lipinski definition) is 1. The van der Waals surface area contributed by atoms with E-state index in [0.717, 1.165) is 12.8 Å². The Morgan fingerprint density at radius 1 is 0.846 bits per heavy atom. The molecule has 0 fully saturated rings. The van der Waals surface area contributed by atoms with Crippen LogP contribution in [0.3, 0.4) is 0 Å². The second-order valence-corrected chi connectivity index (χ2v) is 8.20. The van der Waals surface area contributed by atoms with E-state index in [1.165, 1.54) is 70.6 Å². The number of ether oxygens (including phenoxy) is 1. The van der Waals surface area contributed by atoms with Crippen LogP contribution in [0.25, 0.3) is 0 Å². The minimum absolute atomic E-state index is 0. The first kappa shape index (κ1) is 29.3. The van der Waals surface area contributed by atoms with Gasteiger partial charge in [0.05, 0.1) is 13.2 Å². The van der Waals surface area contributed by atoms with Gasteiger partial charge in [0, 0.05) is 6.61 Å². The van der Waals surface area contributed by atoms with Crippen molar-refractivity contribution in [2.75, 3.05) is 19.8 Å². The van der Waals surface area contributed by atoms with Gasteiger partial charge in [-0.2, -0.15) is 0 Å². The van der Waals surface area contributed by atoms with Crippen molar-refractivity contribution in [3.05, 3.63) is 0 Å². The molecule has 0 aliphatic carbocycles. The molecule has 0 aromatic heterocycles. The summed E-state index contributed by atoms with van der Waals surface area (Å²) in [6.45, 7) is 5.15. The van der Waals surface area contributed by atoms with Crippen molar-refractivity contribution >= 4 is 7.82 Å². The molecule has 0 radical (unpaired) electrons. The number of unbranched alkanes of at least 4 members (excludes halogenated alkanes) is 9. The molecule has 0 bridgehead atoms. The van der Waals surface area contributed by atoms with Crippen molar-refractivity contribution in [3.8, 4) is 0 Å². The fraction of sp³-hybridized carbons (Fsp3) is 1.00. The van der Waals surface area contributed by atoms with Gasteiger partial charge >= 0.3 is 29.6 Å². The van der Waals surface area contributed by atoms with Crippen molar-refractivity contribution in [2.24, 2.45) is 5.92 Å². The minimum atomic E-state index is -4.61. The summed E-state index contributed by atoms with van der Waals surface area (Å²) in [4.78, 5) is 18.9. The Kier molecular flexibility index (Phi) is 23.4. The SMILES string of the molecule is CCCCCCCCCCCCC(CCC)COCCOP(=O)([O-])O.[Na+]. The first-order valence-corrected chi connectivity index (χ1v) is 11.7. The summed E-state index contributed by atoms with van der Waals surface area (Å²) in [5.41, 5.74) is 0. The van der Waals surface area contributed by atoms with E-state index >= 15 is 0 Å². The number of phosphoric ester groups is 1. The first-order chi connectivity index (χ1) is 12.0. The zero-order chi connectivity index (χ0) is 18.8. The first-order valence-electron chi connectivity index (χ1n) is 10.3. The number of rotatable bonds is 19. The van der Waals surface area contributed by atoms with Crippen LogP contribution in [0.1, 0.15) is 97.3 Å². The molecule has 0 spiro atoms. The summed E-state index contributed by atoms with van der Waals surface area (Å²) in [6.07, 6.45) is 16.9. The van der Waals surface area contributed by atoms with E-state index in [0.29, 0.717) is 12.5 Å². The molecule has 0 aliphatic heterocycles. The third kappa shape index (κ3) is 23.1. The fourth-order valence-corrected chi connectivity index (χ4v) is 3.41. The van der Waals surface area contributed by atoms with Crippen LogP contribution < -0.4 is 34.5 Å². The van der Waals surface area contributed by atoms with Crippen LogP contribution in [0.2, 0.25) is 0 Å². The molecular formula is C19H40NaO5P. The maximum Gasteiger partial charge on any atom is 1.00 e. The van der Waals surface area contributed by atoms with Crippen LogP contribution in [-0.2, 0) is 13.8 Å². The summed E-state index contributed by atoms with van der Waals surface area (Å²) in [6, 6.07) is 0. The van der Waals surface area contributed by atoms with Gasteiger partial charge in [-0.3, -0.25) is 4.57 Å². The molecule has 0 amide bonds. The molecule has 152 valence electrons. The van der Waals surface area contributed by atoms with Crippen molar-refractivity contribution < 1.29 is 53.2 Å². The normalized spacial score (nSPS) is 14.6. The van der Waals surface area contributed by atoms with Gasteiger partial charge in [-0.15, -0.1) is 0 Å². The molecule has 1 N–H and O–H groups in total. The van der Waals surface area contributed by atoms with E-state index in [9.17, 15) is 9.46 Å². The van der Waals surface area contributed by atoms with E-state index in [1.54, 1.807) is 0 Å². The number of phosphoric acid groups is 1. The van der Waals surface area contributed by atoms with E-state index in [1.807, 2.05) is 0 Å². The van der Waals surface area contributed by atoms with E-state index in [4.69, 9.17) is 9.63 Å². The Labute approximate surface area is 183 Å². The third-order valence-corrected chi connectivity index (χ3v) is 5.01. The van der Waals surface area contributed by atoms with Crippen molar-refractivity contribution in [1.82, 2.24) is 0 Å². The smallest absolute Gasteiger partial charge is 0.756 e. The molecule has 7 heteroatoms. The Bertz CT molecular complexity index is 325. The van der Waals surface area contributed by atoms with Crippen LogP contribution in [0.5, 0.6) is 0 Å². The van der Waals surface area contributed by atoms with Gasteiger partial charge in [0.2, 0.25) is 0 Å². The second-order valence-electron chi connectivity index (χ2n) is 7.00. The predicted molar refractivity (Wildman–Crippen MR) is 101 cm³/mol. The Hall–Kier alpha value is 1.07. The Morgan fingerprint density at radius 2 is 1.38 bits per heavy atom. The van der Waals surface area contributed by atoms with Crippen LogP contribution in [0.15, 0.2) is 0 Å². The fourth-order valence-electron chi connectivity index (χ4n) is 3.10. The average Bonchev–Trinajstić information content (AvgIpc) is 2.55. The van der Waals surface area contributed by atoms with Gasteiger partial charge in [-0.05, 0) is 18.8 Å². The van der Waals surface area contributed by atoms with E-state index in [-0.39, 0.29) is 42.8 Å². The van der Waals surface area contributed by atoms with Crippen LogP contribution in [-0.4, -0.2) is 24.7 Å². The third-order valence-electron chi connectivity index (χ3n) is 4.50. The van der Waals surface area contributed by atoms with Gasteiger partial charge < -0.3 is 19.0 Å². The molecule has 0 aromatic rings. The largest absolute Gasteiger partial charge is 1.00 e. The molecule has 0 aromatic carbocycles. The maximum atomic E-state index is 10.5. The zero-order valence-electron chi connectivity index (χ0n) is 17.4. The topological polar surface area (TPSA) is 78.8 Å². The molecule has 0 heterocycles. The van der Waals surface area contributed by atoms with Crippen LogP contribution in [0.4, 0.5) is 0 Å². The van der Waals surface area contributed by atoms with Gasteiger partial charge in [0.25, 0.3) is 7.82 Å². The summed E-state index contributed by atoms with van der Waals surface area (Å²) in [5.74, 6) is 0.534. The molecule has 2 atom stereocenters. The van der Waals surface area contributed by atoms with Crippen molar-refractivity contribution in [1.29, 1.82) is 0 Å². The molecule has 26 heavy (non-hydrogen) atoms. The standard InChI is InChI=1S/C19H41O5P.Na/c1-3-5-6-7-8-9-10-11-12-13-15-19(14-4-2)18-23-16-17-24-25(20,21)22;/h19H,3-18H2,1-2H3,(H2,20,21,22);/q;+1/p-1. The van der Waals surface area contributed by atoms with Gasteiger partial charge in [0.15, 0.2) is 0 Å². The summed E-state index contributed by atoms with van der Waals surface area (Å²) in [7, 11) is -4.61. The summed E-state index contributed by atoms with van der Waals surface area (Å²) < 4.78 is 20.2. The Morgan fingerprint density at radius 3 is 1.88 bits per heavy atom. The minimum Gasteiger partial charge on any atom is -0.756 e. The molecular weight excluding hydrogens is 362 g/mol. The van der Waals surface area contributed by atoms with Crippen LogP contribution >= 0.6 is 7.82 Å². The van der Waals surface area contributed by atoms with Crippen LogP contribution in [0, 0.1) is 5.92 Å². The molecule has 0 aliphatic rings. The van der Waals surface area contributed by atoms with E-state index < -0.39 is 7.82 Å². The molecule has 0 rings (SSSR count). The van der Waals surface area contributed by atoms with Gasteiger partial charge in [0.1, 0.15) is 0 Å². The van der Waals surface area contributed by atoms with Crippen molar-refractivity contribution in [2.45, 2.75) is 97.3 Å². The van der Waals surface area contributed by atoms with Gasteiger partial charge in [-0.25, -0.2) is 0 Å². The quantitative estimate of drug-likeness (QED) is 0.204. The summed E-state index contributed by atoms with van der Waals surface area (Å²) >= 11 is 0. The van der Waals surface area contributed by atoms with Gasteiger partial charge in [-0.1, -0.05) is 84.5 Å². The molecule has 0 saturated heterocycles. The van der Waals surface area contributed by atoms with Crippen molar-refractivity contribution in [3.63, 3.8) is 0 Å². The maximum absolute atomic E-state index is 10.5.